The number of hydrogen-bond donors (Lipinski definition) is 0. The summed E-state index contributed by atoms with van der Waals surface area (Å²) in [5.74, 6) is 3.56. The largest absolute Gasteiger partial charge is 0.0651 e. The lowest BCUT2D eigenvalue weighted by atomic mass is 9.84. The highest BCUT2D eigenvalue weighted by atomic mass is 14.2. The Morgan fingerprint density at radius 3 is 1.62 bits per heavy atom. The minimum absolute atomic E-state index is 0.852. The first-order chi connectivity index (χ1) is 5.99. The molecule has 0 amide bonds. The molecule has 2 atom stereocenters. The van der Waals surface area contributed by atoms with Crippen molar-refractivity contribution in [1.82, 2.24) is 0 Å². The van der Waals surface area contributed by atoms with Crippen molar-refractivity contribution in [2.75, 3.05) is 0 Å². The maximum absolute atomic E-state index is 2.39. The molecule has 0 bridgehead atoms. The molecule has 0 aliphatic rings. The lowest BCUT2D eigenvalue weighted by Gasteiger charge is -2.22. The van der Waals surface area contributed by atoms with E-state index in [9.17, 15) is 0 Å². The van der Waals surface area contributed by atoms with Gasteiger partial charge in [-0.3, -0.25) is 0 Å². The molecule has 0 heterocycles. The van der Waals surface area contributed by atoms with E-state index in [1.807, 2.05) is 0 Å². The second kappa shape index (κ2) is 6.45. The van der Waals surface area contributed by atoms with Crippen molar-refractivity contribution >= 4 is 0 Å². The smallest absolute Gasteiger partial charge is 0.0394 e. The van der Waals surface area contributed by atoms with Gasteiger partial charge in [0, 0.05) is 0 Å². The summed E-state index contributed by atoms with van der Waals surface area (Å²) >= 11 is 0. The Balaban J connectivity index is 3.72. The highest BCUT2D eigenvalue weighted by Gasteiger charge is 2.14. The van der Waals surface area contributed by atoms with E-state index >= 15 is 0 Å². The van der Waals surface area contributed by atoms with Crippen molar-refractivity contribution in [3.8, 4) is 0 Å². The maximum Gasteiger partial charge on any atom is -0.0394 e. The zero-order valence-electron chi connectivity index (χ0n) is 10.4. The van der Waals surface area contributed by atoms with Crippen molar-refractivity contribution < 1.29 is 0 Å². The van der Waals surface area contributed by atoms with Crippen molar-refractivity contribution in [2.45, 2.75) is 60.8 Å². The van der Waals surface area contributed by atoms with Crippen LogP contribution in [0.2, 0.25) is 0 Å². The van der Waals surface area contributed by atoms with Crippen molar-refractivity contribution in [1.29, 1.82) is 0 Å². The molecule has 0 heteroatoms. The summed E-state index contributed by atoms with van der Waals surface area (Å²) in [5.41, 5.74) is 0. The van der Waals surface area contributed by atoms with Crippen LogP contribution in [0.4, 0.5) is 0 Å². The normalized spacial score (nSPS) is 16.6. The third-order valence-corrected chi connectivity index (χ3v) is 3.60. The molecule has 0 aliphatic carbocycles. The van der Waals surface area contributed by atoms with Crippen LogP contribution in [0, 0.1) is 23.7 Å². The molecule has 0 aromatic rings. The quantitative estimate of drug-likeness (QED) is 0.559. The Kier molecular flexibility index (Phi) is 6.45. The first-order valence-corrected chi connectivity index (χ1v) is 5.99. The predicted octanol–water partition coefficient (Wildman–Crippen LogP) is 4.74. The lowest BCUT2D eigenvalue weighted by Crippen LogP contribution is -2.11. The third kappa shape index (κ3) is 5.33. The molecule has 0 radical (unpaired) electrons. The van der Waals surface area contributed by atoms with Gasteiger partial charge in [-0.25, -0.2) is 0 Å². The molecule has 0 nitrogen and oxygen atoms in total. The fourth-order valence-corrected chi connectivity index (χ4v) is 1.82. The average molecular weight is 184 g/mol. The SMILES string of the molecule is CCC(CC[C@@H](C)C(C)C)C(C)C. The molecule has 0 spiro atoms. The lowest BCUT2D eigenvalue weighted by molar-refractivity contribution is 0.290. The van der Waals surface area contributed by atoms with Gasteiger partial charge in [-0.15, -0.1) is 0 Å². The molecule has 0 rings (SSSR count). The van der Waals surface area contributed by atoms with Crippen LogP contribution in [-0.4, -0.2) is 0 Å². The summed E-state index contributed by atoms with van der Waals surface area (Å²) in [6.07, 6.45) is 4.18. The van der Waals surface area contributed by atoms with Gasteiger partial charge in [0.1, 0.15) is 0 Å². The van der Waals surface area contributed by atoms with Gasteiger partial charge in [0.05, 0.1) is 0 Å². The summed E-state index contributed by atoms with van der Waals surface area (Å²) in [4.78, 5) is 0. The van der Waals surface area contributed by atoms with Crippen LogP contribution >= 0.6 is 0 Å². The molecular weight excluding hydrogens is 156 g/mol. The van der Waals surface area contributed by atoms with E-state index in [2.05, 4.69) is 41.5 Å². The van der Waals surface area contributed by atoms with Crippen molar-refractivity contribution in [3.05, 3.63) is 0 Å². The Bertz CT molecular complexity index is 113. The predicted molar refractivity (Wildman–Crippen MR) is 61.9 cm³/mol. The summed E-state index contributed by atoms with van der Waals surface area (Å²) in [6.45, 7) is 14.1. The van der Waals surface area contributed by atoms with Gasteiger partial charge in [-0.1, -0.05) is 54.4 Å². The van der Waals surface area contributed by atoms with Gasteiger partial charge in [0.15, 0.2) is 0 Å². The molecule has 13 heavy (non-hydrogen) atoms. The molecule has 0 saturated carbocycles. The monoisotopic (exact) mass is 184 g/mol. The Morgan fingerprint density at radius 2 is 1.31 bits per heavy atom. The van der Waals surface area contributed by atoms with Gasteiger partial charge in [-0.05, 0) is 30.1 Å². The van der Waals surface area contributed by atoms with Gasteiger partial charge in [0.25, 0.3) is 0 Å². The first-order valence-electron chi connectivity index (χ1n) is 5.99. The highest BCUT2D eigenvalue weighted by Crippen LogP contribution is 2.25. The van der Waals surface area contributed by atoms with Gasteiger partial charge in [0.2, 0.25) is 0 Å². The fourth-order valence-electron chi connectivity index (χ4n) is 1.82. The molecule has 0 N–H and O–H groups in total. The molecule has 0 saturated heterocycles. The summed E-state index contributed by atoms with van der Waals surface area (Å²) in [7, 11) is 0. The molecule has 0 aliphatic heterocycles. The Morgan fingerprint density at radius 1 is 0.769 bits per heavy atom. The second-order valence-corrected chi connectivity index (χ2v) is 5.21. The minimum Gasteiger partial charge on any atom is -0.0651 e. The van der Waals surface area contributed by atoms with E-state index in [0.29, 0.717) is 0 Å². The fraction of sp³-hybridized carbons (Fsp3) is 1.00. The van der Waals surface area contributed by atoms with Crippen molar-refractivity contribution in [2.24, 2.45) is 23.7 Å². The number of rotatable bonds is 6. The Hall–Kier alpha value is 0. The van der Waals surface area contributed by atoms with Crippen LogP contribution in [0.3, 0.4) is 0 Å². The zero-order valence-corrected chi connectivity index (χ0v) is 10.4. The molecular formula is C13H28. The van der Waals surface area contributed by atoms with E-state index in [4.69, 9.17) is 0 Å². The summed E-state index contributed by atoms with van der Waals surface area (Å²) in [5, 5.41) is 0. The molecule has 0 aromatic carbocycles. The molecule has 0 aromatic heterocycles. The van der Waals surface area contributed by atoms with Gasteiger partial charge in [-0.2, -0.15) is 0 Å². The van der Waals surface area contributed by atoms with E-state index in [1.54, 1.807) is 0 Å². The number of hydrogen-bond acceptors (Lipinski definition) is 0. The zero-order chi connectivity index (χ0) is 10.4. The highest BCUT2D eigenvalue weighted by molar-refractivity contribution is 4.65. The second-order valence-electron chi connectivity index (χ2n) is 5.21. The maximum atomic E-state index is 2.39. The standard InChI is InChI=1S/C13H28/c1-7-13(11(4)5)9-8-12(6)10(2)3/h10-13H,7-9H2,1-6H3/t12-,13?/m1/s1. The Labute approximate surface area is 85.1 Å². The molecule has 0 fully saturated rings. The van der Waals surface area contributed by atoms with E-state index in [1.165, 1.54) is 19.3 Å². The van der Waals surface area contributed by atoms with Crippen molar-refractivity contribution in [3.63, 3.8) is 0 Å². The third-order valence-electron chi connectivity index (χ3n) is 3.60. The first kappa shape index (κ1) is 13.0. The summed E-state index contributed by atoms with van der Waals surface area (Å²) < 4.78 is 0. The van der Waals surface area contributed by atoms with E-state index in [0.717, 1.165) is 23.7 Å². The van der Waals surface area contributed by atoms with Crippen LogP contribution in [0.15, 0.2) is 0 Å². The van der Waals surface area contributed by atoms with Gasteiger partial charge >= 0.3 is 0 Å². The van der Waals surface area contributed by atoms with Crippen LogP contribution in [-0.2, 0) is 0 Å². The van der Waals surface area contributed by atoms with Gasteiger partial charge < -0.3 is 0 Å². The van der Waals surface area contributed by atoms with Crippen LogP contribution in [0.1, 0.15) is 60.8 Å². The van der Waals surface area contributed by atoms with Crippen LogP contribution < -0.4 is 0 Å². The summed E-state index contributed by atoms with van der Waals surface area (Å²) in [6, 6.07) is 0. The van der Waals surface area contributed by atoms with E-state index in [-0.39, 0.29) is 0 Å². The topological polar surface area (TPSA) is 0 Å². The average Bonchev–Trinajstić information content (AvgIpc) is 2.04. The minimum atomic E-state index is 0.852. The molecule has 1 unspecified atom stereocenters. The molecule has 80 valence electrons. The van der Waals surface area contributed by atoms with E-state index < -0.39 is 0 Å². The van der Waals surface area contributed by atoms with Crippen LogP contribution in [0.25, 0.3) is 0 Å². The van der Waals surface area contributed by atoms with Crippen LogP contribution in [0.5, 0.6) is 0 Å².